The zero-order chi connectivity index (χ0) is 15.8. The maximum Gasteiger partial charge on any atom is 0.240 e. The Labute approximate surface area is 134 Å². The highest BCUT2D eigenvalue weighted by molar-refractivity contribution is 6.44. The van der Waals surface area contributed by atoms with Crippen molar-refractivity contribution in [1.82, 2.24) is 5.32 Å². The van der Waals surface area contributed by atoms with Crippen LogP contribution in [0.15, 0.2) is 18.2 Å². The smallest absolute Gasteiger partial charge is 0.240 e. The summed E-state index contributed by atoms with van der Waals surface area (Å²) in [5.41, 5.74) is 0.420. The predicted octanol–water partition coefficient (Wildman–Crippen LogP) is 2.50. The van der Waals surface area contributed by atoms with Crippen molar-refractivity contribution in [2.45, 2.75) is 13.3 Å². The maximum absolute atomic E-state index is 11.9. The number of rotatable bonds is 7. The van der Waals surface area contributed by atoms with Gasteiger partial charge in [0.05, 0.1) is 15.7 Å². The number of halogens is 2. The van der Waals surface area contributed by atoms with E-state index in [0.29, 0.717) is 30.3 Å². The van der Waals surface area contributed by atoms with Gasteiger partial charge in [-0.2, -0.15) is 0 Å². The van der Waals surface area contributed by atoms with Gasteiger partial charge in [-0.3, -0.25) is 9.59 Å². The van der Waals surface area contributed by atoms with Gasteiger partial charge in [-0.15, -0.1) is 0 Å². The molecular weight excluding hydrogens is 315 g/mol. The lowest BCUT2D eigenvalue weighted by Crippen LogP contribution is -2.40. The molecule has 0 aromatic heterocycles. The molecule has 2 amide bonds. The van der Waals surface area contributed by atoms with Gasteiger partial charge >= 0.3 is 0 Å². The highest BCUT2D eigenvalue weighted by atomic mass is 35.5. The van der Waals surface area contributed by atoms with Crippen molar-refractivity contribution in [2.24, 2.45) is 0 Å². The maximum atomic E-state index is 11.9. The molecule has 1 aromatic rings. The summed E-state index contributed by atoms with van der Waals surface area (Å²) in [6, 6.07) is 4.94. The largest absolute Gasteiger partial charge is 0.385 e. The number of methoxy groups -OCH3 is 1. The van der Waals surface area contributed by atoms with Crippen LogP contribution in [0.3, 0.4) is 0 Å². The highest BCUT2D eigenvalue weighted by Gasteiger charge is 2.19. The first-order valence-corrected chi connectivity index (χ1v) is 7.20. The minimum Gasteiger partial charge on any atom is -0.385 e. The molecule has 0 atom stereocenters. The molecule has 116 valence electrons. The Kier molecular flexibility index (Phi) is 7.50. The quantitative estimate of drug-likeness (QED) is 0.780. The SMILES string of the molecule is COCCCNC(=O)CN(C(C)=O)c1cccc(Cl)c1Cl. The Bertz CT molecular complexity index is 509. The Morgan fingerprint density at radius 1 is 1.33 bits per heavy atom. The average Bonchev–Trinajstić information content (AvgIpc) is 2.44. The molecule has 0 unspecified atom stereocenters. The minimum atomic E-state index is -0.286. The molecule has 1 aromatic carbocycles. The number of ether oxygens (including phenoxy) is 1. The molecule has 0 saturated heterocycles. The number of carbonyl (C=O) groups is 2. The number of nitrogens with zero attached hydrogens (tertiary/aromatic N) is 1. The van der Waals surface area contributed by atoms with Crippen molar-refractivity contribution >= 4 is 40.7 Å². The summed E-state index contributed by atoms with van der Waals surface area (Å²) >= 11 is 12.0. The Morgan fingerprint density at radius 2 is 2.05 bits per heavy atom. The number of benzene rings is 1. The minimum absolute atomic E-state index is 0.109. The van der Waals surface area contributed by atoms with E-state index in [1.54, 1.807) is 25.3 Å². The number of nitrogens with one attached hydrogen (secondary N) is 1. The molecule has 0 aliphatic rings. The van der Waals surface area contributed by atoms with Crippen LogP contribution >= 0.6 is 23.2 Å². The van der Waals surface area contributed by atoms with Crippen molar-refractivity contribution < 1.29 is 14.3 Å². The van der Waals surface area contributed by atoms with E-state index in [2.05, 4.69) is 5.32 Å². The van der Waals surface area contributed by atoms with Crippen LogP contribution in [0.1, 0.15) is 13.3 Å². The molecule has 1 rings (SSSR count). The monoisotopic (exact) mass is 332 g/mol. The Balaban J connectivity index is 2.72. The molecule has 0 aliphatic heterocycles. The number of carbonyl (C=O) groups excluding carboxylic acids is 2. The fourth-order valence-corrected chi connectivity index (χ4v) is 2.11. The van der Waals surface area contributed by atoms with Crippen molar-refractivity contribution in [1.29, 1.82) is 0 Å². The van der Waals surface area contributed by atoms with Gasteiger partial charge in [0.25, 0.3) is 0 Å². The topological polar surface area (TPSA) is 58.6 Å². The third kappa shape index (κ3) is 5.53. The molecule has 5 nitrogen and oxygen atoms in total. The van der Waals surface area contributed by atoms with Crippen LogP contribution in [0.5, 0.6) is 0 Å². The number of hydrogen-bond donors (Lipinski definition) is 1. The third-order valence-electron chi connectivity index (χ3n) is 2.75. The van der Waals surface area contributed by atoms with E-state index >= 15 is 0 Å². The summed E-state index contributed by atoms with van der Waals surface area (Å²) < 4.78 is 4.89. The Morgan fingerprint density at radius 3 is 2.67 bits per heavy atom. The van der Waals surface area contributed by atoms with Crippen molar-refractivity contribution in [3.63, 3.8) is 0 Å². The first kappa shape index (κ1) is 17.8. The fraction of sp³-hybridized carbons (Fsp3) is 0.429. The normalized spacial score (nSPS) is 10.3. The fourth-order valence-electron chi connectivity index (χ4n) is 1.71. The summed E-state index contributed by atoms with van der Waals surface area (Å²) in [5.74, 6) is -0.552. The summed E-state index contributed by atoms with van der Waals surface area (Å²) in [6.07, 6.45) is 0.709. The van der Waals surface area contributed by atoms with Gasteiger partial charge < -0.3 is 15.0 Å². The van der Waals surface area contributed by atoms with E-state index in [-0.39, 0.29) is 23.4 Å². The van der Waals surface area contributed by atoms with Gasteiger partial charge in [0.2, 0.25) is 11.8 Å². The second-order valence-electron chi connectivity index (χ2n) is 4.37. The van der Waals surface area contributed by atoms with Crippen LogP contribution in [0.2, 0.25) is 10.0 Å². The Hall–Kier alpha value is -1.30. The first-order chi connectivity index (χ1) is 9.97. The molecule has 0 aliphatic carbocycles. The van der Waals surface area contributed by atoms with Crippen LogP contribution in [0, 0.1) is 0 Å². The van der Waals surface area contributed by atoms with Gasteiger partial charge in [0, 0.05) is 27.2 Å². The first-order valence-electron chi connectivity index (χ1n) is 6.45. The zero-order valence-electron chi connectivity index (χ0n) is 12.0. The molecule has 7 heteroatoms. The molecule has 0 bridgehead atoms. The molecule has 0 radical (unpaired) electrons. The molecule has 1 N–H and O–H groups in total. The highest BCUT2D eigenvalue weighted by Crippen LogP contribution is 2.32. The summed E-state index contributed by atoms with van der Waals surface area (Å²) in [7, 11) is 1.60. The summed E-state index contributed by atoms with van der Waals surface area (Å²) in [6.45, 7) is 2.32. The second-order valence-corrected chi connectivity index (χ2v) is 5.16. The van der Waals surface area contributed by atoms with Gasteiger partial charge in [0.15, 0.2) is 0 Å². The van der Waals surface area contributed by atoms with Gasteiger partial charge in [-0.25, -0.2) is 0 Å². The van der Waals surface area contributed by atoms with E-state index < -0.39 is 0 Å². The molecule has 0 saturated carbocycles. The van der Waals surface area contributed by atoms with Crippen LogP contribution < -0.4 is 10.2 Å². The average molecular weight is 333 g/mol. The number of amides is 2. The lowest BCUT2D eigenvalue weighted by Gasteiger charge is -2.22. The van der Waals surface area contributed by atoms with E-state index in [1.807, 2.05) is 0 Å². The van der Waals surface area contributed by atoms with Crippen LogP contribution in [0.25, 0.3) is 0 Å². The van der Waals surface area contributed by atoms with Crippen molar-refractivity contribution in [3.8, 4) is 0 Å². The predicted molar refractivity (Wildman–Crippen MR) is 84.0 cm³/mol. The van der Waals surface area contributed by atoms with E-state index in [1.165, 1.54) is 11.8 Å². The summed E-state index contributed by atoms with van der Waals surface area (Å²) in [4.78, 5) is 24.9. The second kappa shape index (κ2) is 8.87. The van der Waals surface area contributed by atoms with Crippen LogP contribution in [-0.4, -0.2) is 38.6 Å². The van der Waals surface area contributed by atoms with Crippen molar-refractivity contribution in [2.75, 3.05) is 31.7 Å². The van der Waals surface area contributed by atoms with E-state index in [0.717, 1.165) is 0 Å². The lowest BCUT2D eigenvalue weighted by atomic mass is 10.2. The zero-order valence-corrected chi connectivity index (χ0v) is 13.5. The number of anilines is 1. The van der Waals surface area contributed by atoms with Gasteiger partial charge in [-0.05, 0) is 18.6 Å². The lowest BCUT2D eigenvalue weighted by molar-refractivity contribution is -0.123. The molecular formula is C14H18Cl2N2O3. The van der Waals surface area contributed by atoms with E-state index in [9.17, 15) is 9.59 Å². The standard InChI is InChI=1S/C14H18Cl2N2O3/c1-10(19)18(9-13(20)17-7-4-8-21-2)12-6-3-5-11(15)14(12)16/h3,5-6H,4,7-9H2,1-2H3,(H,17,20). The van der Waals surface area contributed by atoms with E-state index in [4.69, 9.17) is 27.9 Å². The molecule has 0 spiro atoms. The van der Waals surface area contributed by atoms with Crippen molar-refractivity contribution in [3.05, 3.63) is 28.2 Å². The number of hydrogen-bond acceptors (Lipinski definition) is 3. The van der Waals surface area contributed by atoms with Gasteiger partial charge in [0.1, 0.15) is 6.54 Å². The molecule has 0 fully saturated rings. The third-order valence-corrected chi connectivity index (χ3v) is 3.56. The molecule has 0 heterocycles. The van der Waals surface area contributed by atoms with Crippen LogP contribution in [-0.2, 0) is 14.3 Å². The van der Waals surface area contributed by atoms with Gasteiger partial charge in [-0.1, -0.05) is 29.3 Å². The molecule has 21 heavy (non-hydrogen) atoms. The summed E-state index contributed by atoms with van der Waals surface area (Å²) in [5, 5.41) is 3.30. The van der Waals surface area contributed by atoms with Crippen LogP contribution in [0.4, 0.5) is 5.69 Å².